The molecular formula is C15H21N3. The van der Waals surface area contributed by atoms with Gasteiger partial charge in [-0.3, -0.25) is 0 Å². The zero-order valence-electron chi connectivity index (χ0n) is 11.4. The molecule has 3 heteroatoms. The Morgan fingerprint density at radius 3 is 2.61 bits per heavy atom. The fourth-order valence-electron chi connectivity index (χ4n) is 2.17. The Morgan fingerprint density at radius 1 is 1.22 bits per heavy atom. The quantitative estimate of drug-likeness (QED) is 0.805. The molecule has 0 aliphatic rings. The van der Waals surface area contributed by atoms with Crippen molar-refractivity contribution in [2.24, 2.45) is 5.92 Å². The molecule has 18 heavy (non-hydrogen) atoms. The van der Waals surface area contributed by atoms with Gasteiger partial charge in [-0.05, 0) is 11.5 Å². The summed E-state index contributed by atoms with van der Waals surface area (Å²) < 4.78 is 2.19. The normalized spacial score (nSPS) is 10.9. The van der Waals surface area contributed by atoms with Crippen molar-refractivity contribution in [2.45, 2.75) is 20.4 Å². The first-order valence-electron chi connectivity index (χ1n) is 6.43. The fraction of sp³-hybridized carbons (Fsp3) is 0.400. The van der Waals surface area contributed by atoms with Crippen molar-refractivity contribution in [3.63, 3.8) is 0 Å². The van der Waals surface area contributed by atoms with Gasteiger partial charge in [-0.25, -0.2) is 4.98 Å². The first-order chi connectivity index (χ1) is 8.66. The summed E-state index contributed by atoms with van der Waals surface area (Å²) in [5.74, 6) is 1.67. The van der Waals surface area contributed by atoms with Gasteiger partial charge in [0.05, 0.1) is 6.54 Å². The number of nitrogens with zero attached hydrogens (tertiary/aromatic N) is 3. The highest BCUT2D eigenvalue weighted by Crippen LogP contribution is 2.14. The van der Waals surface area contributed by atoms with Gasteiger partial charge < -0.3 is 9.47 Å². The topological polar surface area (TPSA) is 21.1 Å². The van der Waals surface area contributed by atoms with Crippen LogP contribution in [-0.2, 0) is 6.54 Å². The third kappa shape index (κ3) is 3.13. The first kappa shape index (κ1) is 12.7. The number of aromatic nitrogens is 2. The van der Waals surface area contributed by atoms with E-state index in [1.54, 1.807) is 0 Å². The Balaban J connectivity index is 2.13. The van der Waals surface area contributed by atoms with Crippen molar-refractivity contribution in [3.05, 3.63) is 48.3 Å². The van der Waals surface area contributed by atoms with Crippen LogP contribution in [0.3, 0.4) is 0 Å². The second-order valence-electron chi connectivity index (χ2n) is 5.12. The largest absolute Gasteiger partial charge is 0.345 e. The molecular weight excluding hydrogens is 222 g/mol. The highest BCUT2D eigenvalue weighted by Gasteiger charge is 2.09. The molecule has 3 nitrogen and oxygen atoms in total. The van der Waals surface area contributed by atoms with Crippen LogP contribution in [0.5, 0.6) is 0 Å². The van der Waals surface area contributed by atoms with E-state index >= 15 is 0 Å². The molecule has 1 aromatic carbocycles. The average Bonchev–Trinajstić information content (AvgIpc) is 2.77. The lowest BCUT2D eigenvalue weighted by atomic mass is 10.2. The molecule has 0 radical (unpaired) electrons. The van der Waals surface area contributed by atoms with Crippen LogP contribution in [0.2, 0.25) is 0 Å². The predicted molar refractivity (Wildman–Crippen MR) is 75.9 cm³/mol. The molecule has 0 unspecified atom stereocenters. The van der Waals surface area contributed by atoms with E-state index in [1.165, 1.54) is 5.56 Å². The molecule has 96 valence electrons. The molecule has 0 amide bonds. The Morgan fingerprint density at radius 2 is 1.94 bits per heavy atom. The predicted octanol–water partition coefficient (Wildman–Crippen LogP) is 3.02. The van der Waals surface area contributed by atoms with E-state index in [-0.39, 0.29) is 0 Å². The van der Waals surface area contributed by atoms with Crippen molar-refractivity contribution in [1.82, 2.24) is 9.55 Å². The number of imidazole rings is 1. The minimum absolute atomic E-state index is 0.636. The van der Waals surface area contributed by atoms with Gasteiger partial charge in [0.25, 0.3) is 0 Å². The van der Waals surface area contributed by atoms with Crippen LogP contribution in [-0.4, -0.2) is 23.1 Å². The first-order valence-corrected chi connectivity index (χ1v) is 6.43. The number of hydrogen-bond donors (Lipinski definition) is 0. The summed E-state index contributed by atoms with van der Waals surface area (Å²) in [5.41, 5.74) is 1.30. The number of anilines is 1. The van der Waals surface area contributed by atoms with Gasteiger partial charge >= 0.3 is 0 Å². The maximum Gasteiger partial charge on any atom is 0.205 e. The van der Waals surface area contributed by atoms with Crippen LogP contribution in [0.4, 0.5) is 5.95 Å². The van der Waals surface area contributed by atoms with Crippen molar-refractivity contribution in [3.8, 4) is 0 Å². The second-order valence-corrected chi connectivity index (χ2v) is 5.12. The van der Waals surface area contributed by atoms with E-state index in [4.69, 9.17) is 0 Å². The molecule has 0 fully saturated rings. The Kier molecular flexibility index (Phi) is 4.03. The molecule has 0 saturated heterocycles. The SMILES string of the molecule is CC(C)CN(C)c1nccn1Cc1ccccc1. The molecule has 0 N–H and O–H groups in total. The van der Waals surface area contributed by atoms with Crippen molar-refractivity contribution < 1.29 is 0 Å². The van der Waals surface area contributed by atoms with Gasteiger partial charge in [0, 0.05) is 26.0 Å². The van der Waals surface area contributed by atoms with Crippen molar-refractivity contribution >= 4 is 5.95 Å². The number of hydrogen-bond acceptors (Lipinski definition) is 2. The molecule has 0 aliphatic heterocycles. The second kappa shape index (κ2) is 5.71. The van der Waals surface area contributed by atoms with E-state index in [0.717, 1.165) is 19.0 Å². The third-order valence-electron chi connectivity index (χ3n) is 2.87. The summed E-state index contributed by atoms with van der Waals surface area (Å²) in [4.78, 5) is 6.67. The van der Waals surface area contributed by atoms with E-state index in [0.29, 0.717) is 5.92 Å². The lowest BCUT2D eigenvalue weighted by Crippen LogP contribution is -2.25. The molecule has 0 atom stereocenters. The van der Waals surface area contributed by atoms with Crippen LogP contribution in [0, 0.1) is 5.92 Å². The van der Waals surface area contributed by atoms with E-state index in [9.17, 15) is 0 Å². The summed E-state index contributed by atoms with van der Waals surface area (Å²) in [5, 5.41) is 0. The molecule has 2 rings (SSSR count). The van der Waals surface area contributed by atoms with Gasteiger partial charge in [-0.15, -0.1) is 0 Å². The Labute approximate surface area is 109 Å². The summed E-state index contributed by atoms with van der Waals surface area (Å²) in [6, 6.07) is 10.5. The molecule has 0 saturated carbocycles. The van der Waals surface area contributed by atoms with Crippen molar-refractivity contribution in [1.29, 1.82) is 0 Å². The van der Waals surface area contributed by atoms with E-state index in [1.807, 2.05) is 18.5 Å². The van der Waals surface area contributed by atoms with Crippen molar-refractivity contribution in [2.75, 3.05) is 18.5 Å². The lowest BCUT2D eigenvalue weighted by Gasteiger charge is -2.21. The number of benzene rings is 1. The van der Waals surface area contributed by atoms with Crippen LogP contribution in [0.25, 0.3) is 0 Å². The Hall–Kier alpha value is -1.77. The molecule has 0 aliphatic carbocycles. The fourth-order valence-corrected chi connectivity index (χ4v) is 2.17. The molecule has 0 spiro atoms. The monoisotopic (exact) mass is 243 g/mol. The summed E-state index contributed by atoms with van der Waals surface area (Å²) in [6.45, 7) is 6.34. The maximum atomic E-state index is 4.45. The molecule has 0 bridgehead atoms. The average molecular weight is 243 g/mol. The minimum atomic E-state index is 0.636. The zero-order chi connectivity index (χ0) is 13.0. The maximum absolute atomic E-state index is 4.45. The molecule has 2 aromatic rings. The summed E-state index contributed by atoms with van der Waals surface area (Å²) in [7, 11) is 2.10. The van der Waals surface area contributed by atoms with Gasteiger partial charge in [-0.1, -0.05) is 44.2 Å². The zero-order valence-corrected chi connectivity index (χ0v) is 11.4. The van der Waals surface area contributed by atoms with Crippen LogP contribution in [0.1, 0.15) is 19.4 Å². The Bertz CT molecular complexity index is 473. The van der Waals surface area contributed by atoms with Gasteiger partial charge in [-0.2, -0.15) is 0 Å². The summed E-state index contributed by atoms with van der Waals surface area (Å²) in [6.07, 6.45) is 3.91. The third-order valence-corrected chi connectivity index (χ3v) is 2.87. The minimum Gasteiger partial charge on any atom is -0.345 e. The lowest BCUT2D eigenvalue weighted by molar-refractivity contribution is 0.618. The smallest absolute Gasteiger partial charge is 0.205 e. The highest BCUT2D eigenvalue weighted by atomic mass is 15.3. The summed E-state index contributed by atoms with van der Waals surface area (Å²) >= 11 is 0. The van der Waals surface area contributed by atoms with Crippen LogP contribution < -0.4 is 4.90 Å². The van der Waals surface area contributed by atoms with Gasteiger partial charge in [0.2, 0.25) is 5.95 Å². The standard InChI is InChI=1S/C15H21N3/c1-13(2)11-17(3)15-16-9-10-18(15)12-14-7-5-4-6-8-14/h4-10,13H,11-12H2,1-3H3. The van der Waals surface area contributed by atoms with Gasteiger partial charge in [0.1, 0.15) is 0 Å². The molecule has 1 aromatic heterocycles. The highest BCUT2D eigenvalue weighted by molar-refractivity contribution is 5.31. The molecule has 1 heterocycles. The van der Waals surface area contributed by atoms with E-state index < -0.39 is 0 Å². The van der Waals surface area contributed by atoms with Crippen LogP contribution >= 0.6 is 0 Å². The van der Waals surface area contributed by atoms with Crippen LogP contribution in [0.15, 0.2) is 42.7 Å². The number of rotatable bonds is 5. The van der Waals surface area contributed by atoms with E-state index in [2.05, 4.69) is 59.6 Å². The van der Waals surface area contributed by atoms with Gasteiger partial charge in [0.15, 0.2) is 0 Å².